The number of imidazole rings is 1. The zero-order valence-corrected chi connectivity index (χ0v) is 23.0. The molecule has 0 spiro atoms. The zero-order chi connectivity index (χ0) is 27.9. The number of benzene rings is 1. The van der Waals surface area contributed by atoms with Crippen molar-refractivity contribution in [2.75, 3.05) is 62.7 Å². The Bertz CT molecular complexity index is 1430. The molecule has 4 heterocycles. The van der Waals surface area contributed by atoms with E-state index in [1.165, 1.54) is 12.3 Å². The fourth-order valence-electron chi connectivity index (χ4n) is 4.31. The molecule has 1 aliphatic rings. The molecule has 0 bridgehead atoms. The smallest absolute Gasteiger partial charge is 0.287 e. The van der Waals surface area contributed by atoms with Crippen molar-refractivity contribution < 1.29 is 9.66 Å². The summed E-state index contributed by atoms with van der Waals surface area (Å²) in [7, 11) is 0. The number of nitro groups is 1. The summed E-state index contributed by atoms with van der Waals surface area (Å²) < 4.78 is 7.33. The van der Waals surface area contributed by atoms with Crippen LogP contribution in [0.2, 0.25) is 10.0 Å². The minimum atomic E-state index is -0.473. The van der Waals surface area contributed by atoms with E-state index in [-0.39, 0.29) is 5.69 Å². The lowest BCUT2D eigenvalue weighted by molar-refractivity contribution is -0.385. The SMILES string of the molecule is O=[N+]([O-])c1ccc(NCCN(CCN2CCOCC2)c2ncc(-n3ccnc3)c(-c3ccc(Cl)cc3Cl)n2)nc1. The second-order valence-corrected chi connectivity index (χ2v) is 9.87. The molecule has 5 rings (SSSR count). The predicted molar refractivity (Wildman–Crippen MR) is 153 cm³/mol. The third kappa shape index (κ3) is 6.83. The quantitative estimate of drug-likeness (QED) is 0.203. The molecule has 0 saturated carbocycles. The van der Waals surface area contributed by atoms with Gasteiger partial charge in [0.05, 0.1) is 41.4 Å². The second kappa shape index (κ2) is 13.0. The van der Waals surface area contributed by atoms with Gasteiger partial charge in [0.15, 0.2) is 0 Å². The molecule has 1 fully saturated rings. The van der Waals surface area contributed by atoms with Crippen molar-refractivity contribution in [3.63, 3.8) is 0 Å². The van der Waals surface area contributed by atoms with Crippen LogP contribution in [0.3, 0.4) is 0 Å². The third-order valence-electron chi connectivity index (χ3n) is 6.44. The molecular formula is C26H27Cl2N9O3. The van der Waals surface area contributed by atoms with Crippen LogP contribution in [0.25, 0.3) is 16.9 Å². The van der Waals surface area contributed by atoms with E-state index in [0.717, 1.165) is 30.9 Å². The average Bonchev–Trinajstić information content (AvgIpc) is 3.50. The first kappa shape index (κ1) is 27.7. The normalized spacial score (nSPS) is 13.8. The van der Waals surface area contributed by atoms with Gasteiger partial charge in [0.1, 0.15) is 17.7 Å². The fraction of sp³-hybridized carbons (Fsp3) is 0.308. The topological polar surface area (TPSA) is 127 Å². The summed E-state index contributed by atoms with van der Waals surface area (Å²) >= 11 is 12.8. The predicted octanol–water partition coefficient (Wildman–Crippen LogP) is 4.19. The van der Waals surface area contributed by atoms with Gasteiger partial charge < -0.3 is 19.5 Å². The third-order valence-corrected chi connectivity index (χ3v) is 6.99. The molecule has 4 aromatic rings. The number of aromatic nitrogens is 5. The number of nitrogens with one attached hydrogen (secondary N) is 1. The van der Waals surface area contributed by atoms with E-state index in [0.29, 0.717) is 60.4 Å². The molecule has 14 heteroatoms. The summed E-state index contributed by atoms with van der Waals surface area (Å²) in [6, 6.07) is 8.32. The van der Waals surface area contributed by atoms with Gasteiger partial charge in [0.25, 0.3) is 5.69 Å². The maximum absolute atomic E-state index is 10.9. The number of rotatable bonds is 11. The van der Waals surface area contributed by atoms with Crippen molar-refractivity contribution >= 4 is 40.7 Å². The van der Waals surface area contributed by atoms with Crippen LogP contribution < -0.4 is 10.2 Å². The maximum Gasteiger partial charge on any atom is 0.287 e. The zero-order valence-electron chi connectivity index (χ0n) is 21.5. The van der Waals surface area contributed by atoms with E-state index < -0.39 is 4.92 Å². The molecule has 1 saturated heterocycles. The summed E-state index contributed by atoms with van der Waals surface area (Å²) in [6.07, 6.45) is 8.19. The van der Waals surface area contributed by atoms with Gasteiger partial charge in [-0.15, -0.1) is 0 Å². The molecule has 1 N–H and O–H groups in total. The number of nitrogens with zero attached hydrogens (tertiary/aromatic N) is 8. The van der Waals surface area contributed by atoms with Crippen LogP contribution in [0.15, 0.2) is 61.4 Å². The van der Waals surface area contributed by atoms with Crippen molar-refractivity contribution in [1.29, 1.82) is 0 Å². The molecular weight excluding hydrogens is 557 g/mol. The largest absolute Gasteiger partial charge is 0.379 e. The number of anilines is 2. The van der Waals surface area contributed by atoms with Crippen LogP contribution >= 0.6 is 23.2 Å². The van der Waals surface area contributed by atoms with Gasteiger partial charge in [-0.3, -0.25) is 15.0 Å². The highest BCUT2D eigenvalue weighted by molar-refractivity contribution is 6.36. The van der Waals surface area contributed by atoms with E-state index in [1.807, 2.05) is 16.8 Å². The average molecular weight is 584 g/mol. The number of hydrogen-bond acceptors (Lipinski definition) is 10. The van der Waals surface area contributed by atoms with E-state index in [9.17, 15) is 10.1 Å². The van der Waals surface area contributed by atoms with E-state index in [4.69, 9.17) is 37.9 Å². The van der Waals surface area contributed by atoms with Crippen molar-refractivity contribution in [2.24, 2.45) is 0 Å². The standard InChI is InChI=1S/C26H27Cl2N9O3/c27-19-1-3-21(22(28)15-19)25-23(36-7-5-29-18-36)17-32-26(33-25)35(10-9-34-11-13-40-14-12-34)8-6-30-24-4-2-20(16-31-24)37(38)39/h1-5,7,15-18H,6,8-14H2,(H,30,31). The summed E-state index contributed by atoms with van der Waals surface area (Å²) in [5.74, 6) is 1.08. The second-order valence-electron chi connectivity index (χ2n) is 9.02. The van der Waals surface area contributed by atoms with Crippen molar-refractivity contribution in [3.05, 3.63) is 81.6 Å². The first-order chi connectivity index (χ1) is 19.5. The van der Waals surface area contributed by atoms with Crippen LogP contribution in [0, 0.1) is 10.1 Å². The van der Waals surface area contributed by atoms with Crippen LogP contribution in [-0.4, -0.2) is 86.8 Å². The molecule has 0 aliphatic carbocycles. The van der Waals surface area contributed by atoms with E-state index >= 15 is 0 Å². The van der Waals surface area contributed by atoms with E-state index in [2.05, 4.69) is 25.1 Å². The van der Waals surface area contributed by atoms with Crippen LogP contribution in [-0.2, 0) is 4.74 Å². The summed E-state index contributed by atoms with van der Waals surface area (Å²) in [4.78, 5) is 32.9. The number of morpholine rings is 1. The molecule has 40 heavy (non-hydrogen) atoms. The lowest BCUT2D eigenvalue weighted by Gasteiger charge is -2.30. The van der Waals surface area contributed by atoms with Crippen molar-refractivity contribution in [1.82, 2.24) is 29.4 Å². The minimum Gasteiger partial charge on any atom is -0.379 e. The number of pyridine rings is 1. The van der Waals surface area contributed by atoms with Crippen molar-refractivity contribution in [3.8, 4) is 16.9 Å². The molecule has 0 unspecified atom stereocenters. The molecule has 0 amide bonds. The molecule has 3 aromatic heterocycles. The maximum atomic E-state index is 10.9. The van der Waals surface area contributed by atoms with E-state index in [1.54, 1.807) is 36.9 Å². The first-order valence-corrected chi connectivity index (χ1v) is 13.4. The minimum absolute atomic E-state index is 0.0579. The van der Waals surface area contributed by atoms with Crippen LogP contribution in [0.4, 0.5) is 17.5 Å². The number of halogens is 2. The van der Waals surface area contributed by atoms with Crippen LogP contribution in [0.5, 0.6) is 0 Å². The molecule has 0 radical (unpaired) electrons. The summed E-state index contributed by atoms with van der Waals surface area (Å²) in [6.45, 7) is 5.70. The summed E-state index contributed by atoms with van der Waals surface area (Å²) in [5.41, 5.74) is 2.04. The van der Waals surface area contributed by atoms with Gasteiger partial charge in [0, 0.05) is 68.3 Å². The van der Waals surface area contributed by atoms with Gasteiger partial charge in [-0.25, -0.2) is 19.9 Å². The van der Waals surface area contributed by atoms with Gasteiger partial charge >= 0.3 is 0 Å². The number of ether oxygens (including phenoxy) is 1. The fourth-order valence-corrected chi connectivity index (χ4v) is 4.80. The Kier molecular flexibility index (Phi) is 9.01. The van der Waals surface area contributed by atoms with Gasteiger partial charge in [-0.05, 0) is 24.3 Å². The van der Waals surface area contributed by atoms with Gasteiger partial charge in [-0.2, -0.15) is 0 Å². The highest BCUT2D eigenvalue weighted by Crippen LogP contribution is 2.33. The Morgan fingerprint density at radius 3 is 2.65 bits per heavy atom. The monoisotopic (exact) mass is 583 g/mol. The molecule has 12 nitrogen and oxygen atoms in total. The molecule has 1 aromatic carbocycles. The lowest BCUT2D eigenvalue weighted by Crippen LogP contribution is -2.43. The Balaban J connectivity index is 1.42. The molecule has 1 aliphatic heterocycles. The first-order valence-electron chi connectivity index (χ1n) is 12.7. The van der Waals surface area contributed by atoms with Gasteiger partial charge in [-0.1, -0.05) is 23.2 Å². The number of hydrogen-bond donors (Lipinski definition) is 1. The Morgan fingerprint density at radius 1 is 1.10 bits per heavy atom. The summed E-state index contributed by atoms with van der Waals surface area (Å²) in [5, 5.41) is 15.2. The van der Waals surface area contributed by atoms with Gasteiger partial charge in [0.2, 0.25) is 5.95 Å². The Hall–Kier alpha value is -3.84. The molecule has 0 atom stereocenters. The highest BCUT2D eigenvalue weighted by atomic mass is 35.5. The van der Waals surface area contributed by atoms with Crippen molar-refractivity contribution in [2.45, 2.75) is 0 Å². The highest BCUT2D eigenvalue weighted by Gasteiger charge is 2.19. The molecule has 208 valence electrons. The van der Waals surface area contributed by atoms with Crippen LogP contribution in [0.1, 0.15) is 0 Å². The Labute approximate surface area is 240 Å². The lowest BCUT2D eigenvalue weighted by atomic mass is 10.1. The Morgan fingerprint density at radius 2 is 1.95 bits per heavy atom.